The number of aryl methyl sites for hydroxylation is 1. The molecule has 30 heavy (non-hydrogen) atoms. The number of rotatable bonds is 4. The molecule has 10 heteroatoms. The van der Waals surface area contributed by atoms with Crippen molar-refractivity contribution < 1.29 is 19.1 Å². The number of aromatic nitrogens is 2. The zero-order valence-corrected chi connectivity index (χ0v) is 17.6. The van der Waals surface area contributed by atoms with E-state index >= 15 is 0 Å². The maximum atomic E-state index is 12.8. The fraction of sp³-hybridized carbons (Fsp3) is 0.450. The van der Waals surface area contributed by atoms with E-state index in [0.717, 1.165) is 11.4 Å². The van der Waals surface area contributed by atoms with Gasteiger partial charge in [-0.05, 0) is 25.5 Å². The highest BCUT2D eigenvalue weighted by molar-refractivity contribution is 7.15. The fourth-order valence-electron chi connectivity index (χ4n) is 3.69. The van der Waals surface area contributed by atoms with Crippen LogP contribution in [-0.2, 0) is 16.0 Å². The Hall–Kier alpha value is -3.01. The van der Waals surface area contributed by atoms with Gasteiger partial charge >= 0.3 is 0 Å². The first-order valence-corrected chi connectivity index (χ1v) is 10.8. The Balaban J connectivity index is 1.46. The van der Waals surface area contributed by atoms with Crippen molar-refractivity contribution in [2.24, 2.45) is 0 Å². The molecule has 1 saturated heterocycles. The molecule has 2 atom stereocenters. The number of likely N-dealkylation sites (tertiary alicyclic amines) is 1. The summed E-state index contributed by atoms with van der Waals surface area (Å²) in [6, 6.07) is 6.36. The van der Waals surface area contributed by atoms with Crippen molar-refractivity contribution in [3.05, 3.63) is 34.8 Å². The third kappa shape index (κ3) is 3.87. The van der Waals surface area contributed by atoms with Crippen molar-refractivity contribution in [2.45, 2.75) is 51.3 Å². The molecule has 0 saturated carbocycles. The molecule has 1 aromatic carbocycles. The van der Waals surface area contributed by atoms with Crippen molar-refractivity contribution in [3.63, 3.8) is 0 Å². The third-order valence-electron chi connectivity index (χ3n) is 5.44. The molecule has 9 nitrogen and oxygen atoms in total. The van der Waals surface area contributed by atoms with E-state index in [0.29, 0.717) is 29.3 Å². The van der Waals surface area contributed by atoms with Crippen molar-refractivity contribution in [1.29, 1.82) is 0 Å². The van der Waals surface area contributed by atoms with Crippen LogP contribution in [0.2, 0.25) is 0 Å². The van der Waals surface area contributed by atoms with E-state index in [1.54, 1.807) is 25.1 Å². The van der Waals surface area contributed by atoms with Gasteiger partial charge in [-0.1, -0.05) is 30.4 Å². The van der Waals surface area contributed by atoms with Gasteiger partial charge in [-0.2, -0.15) is 0 Å². The first-order valence-electron chi connectivity index (χ1n) is 9.94. The number of fused-ring (bicyclic) bond motifs is 1. The molecule has 0 radical (unpaired) electrons. The average molecular weight is 430 g/mol. The van der Waals surface area contributed by atoms with Crippen LogP contribution in [0, 0.1) is 0 Å². The Bertz CT molecular complexity index is 993. The smallest absolute Gasteiger partial charge is 0.258 e. The summed E-state index contributed by atoms with van der Waals surface area (Å²) < 4.78 is 6.13. The van der Waals surface area contributed by atoms with Gasteiger partial charge in [0.05, 0.1) is 5.56 Å². The third-order valence-corrected chi connectivity index (χ3v) is 6.43. The minimum atomic E-state index is -0.957. The summed E-state index contributed by atoms with van der Waals surface area (Å²) in [4.78, 5) is 39.5. The lowest BCUT2D eigenvalue weighted by molar-refractivity contribution is -0.137. The highest BCUT2D eigenvalue weighted by atomic mass is 32.1. The molecule has 4 rings (SSSR count). The zero-order chi connectivity index (χ0) is 21.3. The maximum Gasteiger partial charge on any atom is 0.258 e. The minimum absolute atomic E-state index is 0.155. The number of carbonyl (C=O) groups is 3. The van der Waals surface area contributed by atoms with Gasteiger partial charge in [-0.25, -0.2) is 0 Å². The monoisotopic (exact) mass is 429 g/mol. The van der Waals surface area contributed by atoms with Crippen molar-refractivity contribution in [3.8, 4) is 5.75 Å². The Morgan fingerprint density at radius 3 is 2.90 bits per heavy atom. The van der Waals surface area contributed by atoms with Crippen LogP contribution >= 0.6 is 11.3 Å². The maximum absolute atomic E-state index is 12.8. The highest BCUT2D eigenvalue weighted by Gasteiger charge is 2.43. The predicted molar refractivity (Wildman–Crippen MR) is 110 cm³/mol. The van der Waals surface area contributed by atoms with Gasteiger partial charge in [0.1, 0.15) is 16.8 Å². The molecule has 1 fully saturated rings. The van der Waals surface area contributed by atoms with Gasteiger partial charge in [0.2, 0.25) is 16.9 Å². The van der Waals surface area contributed by atoms with Gasteiger partial charge in [0.15, 0.2) is 5.72 Å². The number of ether oxygens (including phenoxy) is 1. The van der Waals surface area contributed by atoms with Crippen molar-refractivity contribution in [2.75, 3.05) is 11.9 Å². The summed E-state index contributed by atoms with van der Waals surface area (Å²) in [5, 5.41) is 14.9. The summed E-state index contributed by atoms with van der Waals surface area (Å²) in [5.41, 5.74) is -0.479. The Morgan fingerprint density at radius 1 is 1.33 bits per heavy atom. The van der Waals surface area contributed by atoms with Crippen LogP contribution < -0.4 is 15.4 Å². The molecule has 2 aliphatic heterocycles. The first kappa shape index (κ1) is 20.3. The fourth-order valence-corrected chi connectivity index (χ4v) is 4.37. The second kappa shape index (κ2) is 8.02. The number of para-hydroxylation sites is 1. The van der Waals surface area contributed by atoms with Crippen LogP contribution in [0.1, 0.15) is 48.5 Å². The number of carbonyl (C=O) groups excluding carboxylic acids is 3. The molecule has 2 aromatic rings. The summed E-state index contributed by atoms with van der Waals surface area (Å²) in [7, 11) is 0. The molecule has 1 spiro atoms. The summed E-state index contributed by atoms with van der Waals surface area (Å²) in [6.45, 7) is 3.93. The topological polar surface area (TPSA) is 114 Å². The lowest BCUT2D eigenvalue weighted by Gasteiger charge is -2.38. The first-order chi connectivity index (χ1) is 14.4. The number of anilines is 1. The van der Waals surface area contributed by atoms with E-state index < -0.39 is 11.8 Å². The van der Waals surface area contributed by atoms with Crippen LogP contribution in [0.15, 0.2) is 24.3 Å². The molecule has 3 heterocycles. The van der Waals surface area contributed by atoms with Gasteiger partial charge in [-0.3, -0.25) is 19.7 Å². The van der Waals surface area contributed by atoms with Gasteiger partial charge < -0.3 is 15.0 Å². The quantitative estimate of drug-likeness (QED) is 0.768. The summed E-state index contributed by atoms with van der Waals surface area (Å²) in [5.74, 6) is -0.183. The summed E-state index contributed by atoms with van der Waals surface area (Å²) in [6.07, 6.45) is 1.63. The highest BCUT2D eigenvalue weighted by Crippen LogP contribution is 2.34. The Morgan fingerprint density at radius 2 is 2.13 bits per heavy atom. The molecule has 158 valence electrons. The molecule has 1 aromatic heterocycles. The molecule has 0 aliphatic carbocycles. The molecule has 0 unspecified atom stereocenters. The second-order valence-corrected chi connectivity index (χ2v) is 8.47. The molecule has 2 N–H and O–H groups in total. The van der Waals surface area contributed by atoms with Crippen LogP contribution in [0.4, 0.5) is 5.13 Å². The second-order valence-electron chi connectivity index (χ2n) is 7.40. The van der Waals surface area contributed by atoms with E-state index in [1.807, 2.05) is 13.0 Å². The standard InChI is InChI=1S/C20H23N5O4S/c1-3-15-23-24-19(30-15)21-17(27)12(2)25-11-10-20(9-8-16(25)26)22-18(28)13-6-4-5-7-14(13)29-20/h4-7,12H,3,8-11H2,1-2H3,(H,22,28)(H,21,24,27)/t12-,20-/m1/s1. The van der Waals surface area contributed by atoms with E-state index in [-0.39, 0.29) is 30.7 Å². The minimum Gasteiger partial charge on any atom is -0.467 e. The number of benzene rings is 1. The Labute approximate surface area is 177 Å². The van der Waals surface area contributed by atoms with E-state index in [9.17, 15) is 14.4 Å². The van der Waals surface area contributed by atoms with Crippen LogP contribution in [0.5, 0.6) is 5.75 Å². The normalized spacial score (nSPS) is 22.0. The molecule has 3 amide bonds. The lowest BCUT2D eigenvalue weighted by Crippen LogP contribution is -2.56. The summed E-state index contributed by atoms with van der Waals surface area (Å²) >= 11 is 1.32. The number of nitrogens with one attached hydrogen (secondary N) is 2. The van der Waals surface area contributed by atoms with Crippen molar-refractivity contribution in [1.82, 2.24) is 20.4 Å². The molecular formula is C20H23N5O4S. The van der Waals surface area contributed by atoms with Crippen LogP contribution in [0.3, 0.4) is 0 Å². The number of amides is 3. The van der Waals surface area contributed by atoms with Crippen molar-refractivity contribution >= 4 is 34.2 Å². The SMILES string of the molecule is CCc1nnc(NC(=O)[C@@H](C)N2CC[C@]3(CCC2=O)NC(=O)c2ccccc2O3)s1. The molecule has 0 bridgehead atoms. The number of hydrogen-bond donors (Lipinski definition) is 2. The van der Waals surface area contributed by atoms with Gasteiger partial charge in [0, 0.05) is 25.8 Å². The largest absolute Gasteiger partial charge is 0.467 e. The predicted octanol–water partition coefficient (Wildman–Crippen LogP) is 1.96. The average Bonchev–Trinajstić information content (AvgIpc) is 3.13. The van der Waals surface area contributed by atoms with E-state index in [2.05, 4.69) is 20.8 Å². The van der Waals surface area contributed by atoms with Gasteiger partial charge in [-0.15, -0.1) is 10.2 Å². The number of nitrogens with zero attached hydrogens (tertiary/aromatic N) is 3. The molecule has 2 aliphatic rings. The van der Waals surface area contributed by atoms with Crippen LogP contribution in [-0.4, -0.2) is 51.1 Å². The number of hydrogen-bond acceptors (Lipinski definition) is 7. The zero-order valence-electron chi connectivity index (χ0n) is 16.8. The lowest BCUT2D eigenvalue weighted by atomic mass is 10.0. The molecular weight excluding hydrogens is 406 g/mol. The van der Waals surface area contributed by atoms with Crippen LogP contribution in [0.25, 0.3) is 0 Å². The Kier molecular flexibility index (Phi) is 5.42. The van der Waals surface area contributed by atoms with E-state index in [4.69, 9.17) is 4.74 Å². The van der Waals surface area contributed by atoms with Gasteiger partial charge in [0.25, 0.3) is 5.91 Å². The van der Waals surface area contributed by atoms with E-state index in [1.165, 1.54) is 16.2 Å².